The Morgan fingerprint density at radius 3 is 2.16 bits per heavy atom. The summed E-state index contributed by atoms with van der Waals surface area (Å²) < 4.78 is 49.2. The fourth-order valence-electron chi connectivity index (χ4n) is 4.15. The Balaban J connectivity index is 1.56. The normalized spacial score (nSPS) is 18.7. The zero-order chi connectivity index (χ0) is 22.0. The molecule has 2 atom stereocenters. The van der Waals surface area contributed by atoms with Crippen LogP contribution in [0.1, 0.15) is 36.8 Å². The van der Waals surface area contributed by atoms with Crippen molar-refractivity contribution in [3.05, 3.63) is 95.8 Å². The van der Waals surface area contributed by atoms with Gasteiger partial charge in [0, 0.05) is 17.0 Å². The molecule has 0 saturated carbocycles. The monoisotopic (exact) mass is 422 g/mol. The third kappa shape index (κ3) is 4.31. The van der Waals surface area contributed by atoms with E-state index in [0.717, 1.165) is 18.4 Å². The van der Waals surface area contributed by atoms with Gasteiger partial charge in [-0.05, 0) is 47.6 Å². The molecule has 0 aromatic heterocycles. The van der Waals surface area contributed by atoms with E-state index in [1.165, 1.54) is 0 Å². The molecule has 4 rings (SSSR count). The molecule has 0 radical (unpaired) electrons. The van der Waals surface area contributed by atoms with Crippen LogP contribution in [0.3, 0.4) is 0 Å². The molecule has 0 aliphatic carbocycles. The highest BCUT2D eigenvalue weighted by atomic mass is 19.2. The van der Waals surface area contributed by atoms with Gasteiger partial charge in [-0.1, -0.05) is 61.5 Å². The summed E-state index contributed by atoms with van der Waals surface area (Å²) in [6.45, 7) is 6.10. The fourth-order valence-corrected chi connectivity index (χ4v) is 4.15. The molecule has 3 aromatic rings. The Labute approximate surface area is 181 Å². The molecule has 31 heavy (non-hydrogen) atoms. The molecule has 0 N–H and O–H groups in total. The quantitative estimate of drug-likeness (QED) is 0.388. The van der Waals surface area contributed by atoms with Crippen LogP contribution in [0.4, 0.5) is 13.2 Å². The first-order chi connectivity index (χ1) is 15.0. The summed E-state index contributed by atoms with van der Waals surface area (Å²) in [5.41, 5.74) is 3.19. The van der Waals surface area contributed by atoms with Crippen molar-refractivity contribution in [2.24, 2.45) is 0 Å². The standard InChI is InChI=1S/C27H25F3O/c1-3-17-10-14-24(27(30)26(17)29)19-7-5-18(6-8-19)23-13-11-20(15-25(23)28)21-9-12-22(4-2)31-16-21/h4-8,10-11,13-15,21-22H,2-3,9,12,16H2,1H3. The van der Waals surface area contributed by atoms with E-state index in [9.17, 15) is 13.2 Å². The van der Waals surface area contributed by atoms with Gasteiger partial charge in [0.25, 0.3) is 0 Å². The van der Waals surface area contributed by atoms with Crippen molar-refractivity contribution in [1.82, 2.24) is 0 Å². The van der Waals surface area contributed by atoms with Gasteiger partial charge in [-0.3, -0.25) is 0 Å². The maximum atomic E-state index is 14.9. The summed E-state index contributed by atoms with van der Waals surface area (Å²) in [6.07, 6.45) is 4.13. The van der Waals surface area contributed by atoms with E-state index in [2.05, 4.69) is 6.58 Å². The van der Waals surface area contributed by atoms with Crippen molar-refractivity contribution in [1.29, 1.82) is 0 Å². The van der Waals surface area contributed by atoms with Crippen LogP contribution in [0, 0.1) is 17.5 Å². The van der Waals surface area contributed by atoms with Crippen molar-refractivity contribution in [3.63, 3.8) is 0 Å². The van der Waals surface area contributed by atoms with Gasteiger partial charge in [-0.15, -0.1) is 6.58 Å². The smallest absolute Gasteiger partial charge is 0.166 e. The molecule has 1 fully saturated rings. The van der Waals surface area contributed by atoms with E-state index in [-0.39, 0.29) is 23.4 Å². The Morgan fingerprint density at radius 1 is 0.903 bits per heavy atom. The number of rotatable bonds is 5. The molecule has 1 nitrogen and oxygen atoms in total. The van der Waals surface area contributed by atoms with Gasteiger partial charge < -0.3 is 4.74 Å². The topological polar surface area (TPSA) is 9.23 Å². The highest BCUT2D eigenvalue weighted by Crippen LogP contribution is 2.33. The first kappa shape index (κ1) is 21.4. The van der Waals surface area contributed by atoms with Crippen LogP contribution in [0.15, 0.2) is 67.3 Å². The molecule has 160 valence electrons. The second kappa shape index (κ2) is 9.11. The maximum Gasteiger partial charge on any atom is 0.166 e. The summed E-state index contributed by atoms with van der Waals surface area (Å²) in [5, 5.41) is 0. The average Bonchev–Trinajstić information content (AvgIpc) is 2.81. The third-order valence-electron chi connectivity index (χ3n) is 6.09. The van der Waals surface area contributed by atoms with Crippen LogP contribution in [-0.2, 0) is 11.2 Å². The SMILES string of the molecule is C=CC1CCC(c2ccc(-c3ccc(-c4ccc(CC)c(F)c4F)cc3)c(F)c2)CO1. The zero-order valence-corrected chi connectivity index (χ0v) is 17.5. The summed E-state index contributed by atoms with van der Waals surface area (Å²) in [6, 6.07) is 15.3. The Bertz CT molecular complexity index is 1080. The molecule has 2 unspecified atom stereocenters. The molecular weight excluding hydrogens is 397 g/mol. The highest BCUT2D eigenvalue weighted by molar-refractivity contribution is 5.71. The third-order valence-corrected chi connectivity index (χ3v) is 6.09. The summed E-state index contributed by atoms with van der Waals surface area (Å²) in [4.78, 5) is 0. The number of ether oxygens (including phenoxy) is 1. The second-order valence-electron chi connectivity index (χ2n) is 7.95. The first-order valence-corrected chi connectivity index (χ1v) is 10.6. The van der Waals surface area contributed by atoms with Crippen LogP contribution >= 0.6 is 0 Å². The fraction of sp³-hybridized carbons (Fsp3) is 0.259. The molecule has 1 heterocycles. The summed E-state index contributed by atoms with van der Waals surface area (Å²) >= 11 is 0. The van der Waals surface area contributed by atoms with Crippen molar-refractivity contribution in [2.45, 2.75) is 38.2 Å². The molecule has 1 aliphatic rings. The molecule has 0 spiro atoms. The average molecular weight is 422 g/mol. The van der Waals surface area contributed by atoms with Gasteiger partial charge in [-0.2, -0.15) is 0 Å². The Hall–Kier alpha value is -2.85. The van der Waals surface area contributed by atoms with E-state index < -0.39 is 11.6 Å². The van der Waals surface area contributed by atoms with E-state index in [1.54, 1.807) is 55.5 Å². The van der Waals surface area contributed by atoms with Crippen LogP contribution in [0.2, 0.25) is 0 Å². The minimum absolute atomic E-state index is 0.0790. The van der Waals surface area contributed by atoms with Crippen LogP contribution < -0.4 is 0 Å². The largest absolute Gasteiger partial charge is 0.374 e. The van der Waals surface area contributed by atoms with Gasteiger partial charge in [0.2, 0.25) is 0 Å². The van der Waals surface area contributed by atoms with E-state index in [4.69, 9.17) is 4.74 Å². The molecular formula is C27H25F3O. The van der Waals surface area contributed by atoms with Crippen LogP contribution in [0.5, 0.6) is 0 Å². The lowest BCUT2D eigenvalue weighted by Crippen LogP contribution is -2.23. The number of benzene rings is 3. The van der Waals surface area contributed by atoms with Gasteiger partial charge in [-0.25, -0.2) is 13.2 Å². The predicted octanol–water partition coefficient (Wildman–Crippen LogP) is 7.45. The maximum absolute atomic E-state index is 14.9. The number of halogens is 3. The molecule has 4 heteroatoms. The first-order valence-electron chi connectivity index (χ1n) is 10.6. The molecule has 3 aromatic carbocycles. The Kier molecular flexibility index (Phi) is 6.28. The number of aryl methyl sites for hydroxylation is 1. The summed E-state index contributed by atoms with van der Waals surface area (Å²) in [7, 11) is 0. The van der Waals surface area contributed by atoms with Gasteiger partial charge in [0.15, 0.2) is 11.6 Å². The van der Waals surface area contributed by atoms with E-state index in [1.807, 2.05) is 12.1 Å². The van der Waals surface area contributed by atoms with E-state index in [0.29, 0.717) is 35.3 Å². The second-order valence-corrected chi connectivity index (χ2v) is 7.95. The van der Waals surface area contributed by atoms with Gasteiger partial charge in [0.05, 0.1) is 12.7 Å². The molecule has 0 amide bonds. The Morgan fingerprint density at radius 2 is 1.58 bits per heavy atom. The minimum atomic E-state index is -0.851. The van der Waals surface area contributed by atoms with Gasteiger partial charge >= 0.3 is 0 Å². The molecule has 1 saturated heterocycles. The summed E-state index contributed by atoms with van der Waals surface area (Å²) in [5.74, 6) is -1.79. The lowest BCUT2D eigenvalue weighted by molar-refractivity contribution is 0.0328. The molecule has 1 aliphatic heterocycles. The number of hydrogen-bond donors (Lipinski definition) is 0. The molecule has 0 bridgehead atoms. The lowest BCUT2D eigenvalue weighted by Gasteiger charge is -2.27. The zero-order valence-electron chi connectivity index (χ0n) is 17.5. The predicted molar refractivity (Wildman–Crippen MR) is 118 cm³/mol. The highest BCUT2D eigenvalue weighted by Gasteiger charge is 2.22. The van der Waals surface area contributed by atoms with Crippen molar-refractivity contribution in [2.75, 3.05) is 6.61 Å². The van der Waals surface area contributed by atoms with E-state index >= 15 is 0 Å². The van der Waals surface area contributed by atoms with Crippen LogP contribution in [0.25, 0.3) is 22.3 Å². The van der Waals surface area contributed by atoms with Crippen LogP contribution in [-0.4, -0.2) is 12.7 Å². The van der Waals surface area contributed by atoms with Gasteiger partial charge in [0.1, 0.15) is 5.82 Å². The minimum Gasteiger partial charge on any atom is -0.374 e. The van der Waals surface area contributed by atoms with Crippen molar-refractivity contribution >= 4 is 0 Å². The van der Waals surface area contributed by atoms with Crippen molar-refractivity contribution < 1.29 is 17.9 Å². The van der Waals surface area contributed by atoms with Crippen molar-refractivity contribution in [3.8, 4) is 22.3 Å². The lowest BCUT2D eigenvalue weighted by atomic mass is 9.90. The number of hydrogen-bond acceptors (Lipinski definition) is 1.